The lowest BCUT2D eigenvalue weighted by Crippen LogP contribution is -2.44. The van der Waals surface area contributed by atoms with Crippen molar-refractivity contribution in [2.45, 2.75) is 50.7 Å². The number of aliphatic hydroxyl groups is 2. The first-order chi connectivity index (χ1) is 31.9. The molecule has 16 nitrogen and oxygen atoms in total. The molecule has 0 spiro atoms. The number of ether oxygens (including phenoxy) is 4. The van der Waals surface area contributed by atoms with E-state index in [-0.39, 0.29) is 0 Å². The van der Waals surface area contributed by atoms with Crippen LogP contribution in [-0.4, -0.2) is 171 Å². The highest BCUT2D eigenvalue weighted by Crippen LogP contribution is 2.31. The fourth-order valence-corrected chi connectivity index (χ4v) is 8.41. The average Bonchev–Trinajstić information content (AvgIpc) is 3.35. The fraction of sp³-hybridized carbons (Fsp3) is 0.520. The highest BCUT2D eigenvalue weighted by atomic mass is 16.5. The van der Waals surface area contributed by atoms with Crippen LogP contribution in [0.25, 0.3) is 22.3 Å². The summed E-state index contributed by atoms with van der Waals surface area (Å²) in [7, 11) is 7.79. The molecule has 0 bridgehead atoms. The molecule has 4 aliphatic rings. The summed E-state index contributed by atoms with van der Waals surface area (Å²) in [5, 5.41) is 32.5. The van der Waals surface area contributed by atoms with Gasteiger partial charge in [0, 0.05) is 90.2 Å². The highest BCUT2D eigenvalue weighted by molar-refractivity contribution is 5.83. The zero-order valence-electron chi connectivity index (χ0n) is 38.9. The second-order valence-corrected chi connectivity index (χ2v) is 17.5. The smallest absolute Gasteiger partial charge is 0.335 e. The van der Waals surface area contributed by atoms with Gasteiger partial charge in [-0.1, -0.05) is 24.3 Å². The van der Waals surface area contributed by atoms with Crippen LogP contribution in [0.1, 0.15) is 37.1 Å². The lowest BCUT2D eigenvalue weighted by molar-refractivity contribution is -0.165. The number of aliphatic hydroxyl groups excluding tert-OH is 2. The molecule has 0 saturated carbocycles. The van der Waals surface area contributed by atoms with Crippen molar-refractivity contribution in [3.63, 3.8) is 0 Å². The van der Waals surface area contributed by atoms with Gasteiger partial charge in [-0.05, 0) is 135 Å². The van der Waals surface area contributed by atoms with Gasteiger partial charge in [-0.3, -0.25) is 0 Å². The minimum atomic E-state index is -2.27. The average molecular weight is 913 g/mol. The van der Waals surface area contributed by atoms with Crippen molar-refractivity contribution in [3.8, 4) is 33.8 Å². The molecule has 0 amide bonds. The Morgan fingerprint density at radius 2 is 0.894 bits per heavy atom. The van der Waals surface area contributed by atoms with E-state index in [9.17, 15) is 9.59 Å². The van der Waals surface area contributed by atoms with Crippen LogP contribution in [0.4, 0.5) is 11.6 Å². The molecule has 2 atom stereocenters. The summed E-state index contributed by atoms with van der Waals surface area (Å²) in [6.45, 7) is 12.0. The van der Waals surface area contributed by atoms with E-state index in [1.54, 1.807) is 14.2 Å². The largest absolute Gasteiger partial charge is 0.497 e. The number of benzene rings is 2. The van der Waals surface area contributed by atoms with Crippen LogP contribution in [0.5, 0.6) is 11.5 Å². The van der Waals surface area contributed by atoms with Gasteiger partial charge in [-0.25, -0.2) is 19.6 Å². The zero-order chi connectivity index (χ0) is 47.0. The summed E-state index contributed by atoms with van der Waals surface area (Å²) in [6, 6.07) is 25.7. The summed E-state index contributed by atoms with van der Waals surface area (Å²) in [4.78, 5) is 39.3. The van der Waals surface area contributed by atoms with Gasteiger partial charge in [0.15, 0.2) is 12.2 Å². The molecule has 4 N–H and O–H groups in total. The maximum Gasteiger partial charge on any atom is 0.335 e. The molecule has 6 heterocycles. The summed E-state index contributed by atoms with van der Waals surface area (Å²) in [5.41, 5.74) is 7.32. The number of likely N-dealkylation sites (N-methyl/N-ethyl adjacent to an activating group) is 2. The molecule has 0 radical (unpaired) electrons. The Morgan fingerprint density at radius 3 is 1.20 bits per heavy atom. The maximum atomic E-state index is 9.77. The number of carbonyl (C=O) groups is 2. The lowest BCUT2D eigenvalue weighted by Gasteiger charge is -2.33. The van der Waals surface area contributed by atoms with E-state index in [0.29, 0.717) is 11.8 Å². The number of hydrogen-bond acceptors (Lipinski definition) is 14. The number of carboxylic acids is 2. The first-order valence-electron chi connectivity index (χ1n) is 23.0. The van der Waals surface area contributed by atoms with E-state index in [2.05, 4.69) is 82.2 Å². The number of carboxylic acid groups (broad SMARTS) is 2. The van der Waals surface area contributed by atoms with Crippen LogP contribution in [0.3, 0.4) is 0 Å². The number of anilines is 2. The van der Waals surface area contributed by atoms with Crippen molar-refractivity contribution in [2.24, 2.45) is 11.8 Å². The third-order valence-corrected chi connectivity index (χ3v) is 12.7. The van der Waals surface area contributed by atoms with E-state index in [1.165, 1.54) is 33.6 Å². The molecule has 358 valence electrons. The van der Waals surface area contributed by atoms with Gasteiger partial charge >= 0.3 is 11.9 Å². The number of aliphatic carboxylic acids is 2. The molecule has 8 rings (SSSR count). The van der Waals surface area contributed by atoms with Gasteiger partial charge in [0.1, 0.15) is 23.1 Å². The van der Waals surface area contributed by atoms with Crippen molar-refractivity contribution in [2.75, 3.05) is 117 Å². The molecule has 4 saturated heterocycles. The molecule has 2 aromatic heterocycles. The second-order valence-electron chi connectivity index (χ2n) is 17.5. The van der Waals surface area contributed by atoms with E-state index in [0.717, 1.165) is 140 Å². The van der Waals surface area contributed by atoms with Crippen LogP contribution < -0.4 is 19.3 Å². The van der Waals surface area contributed by atoms with E-state index < -0.39 is 24.1 Å². The number of piperazine rings is 2. The van der Waals surface area contributed by atoms with Crippen molar-refractivity contribution in [1.29, 1.82) is 0 Å². The number of rotatable bonds is 13. The summed E-state index contributed by atoms with van der Waals surface area (Å²) in [6.07, 6.45) is 2.09. The SMILES string of the molecule is COc1ccc(-c2cc(CC3CCOCC3)nc(N3CCN(C)CC3)c2)cc1.COc1ccc(-c2cc(CC3CCOCC3)nc(N3CCN(C)CC3)c2)cc1.O=C(O)C(O)C(O)C(=O)O. The summed E-state index contributed by atoms with van der Waals surface area (Å²) in [5.74, 6) is 1.82. The number of pyridine rings is 2. The van der Waals surface area contributed by atoms with Crippen LogP contribution in [-0.2, 0) is 31.9 Å². The predicted octanol–water partition coefficient (Wildman–Crippen LogP) is 4.83. The number of aromatic nitrogens is 2. The highest BCUT2D eigenvalue weighted by Gasteiger charge is 2.29. The Morgan fingerprint density at radius 1 is 0.561 bits per heavy atom. The molecular formula is C50H68N6O10. The van der Waals surface area contributed by atoms with E-state index >= 15 is 0 Å². The predicted molar refractivity (Wildman–Crippen MR) is 254 cm³/mol. The molecule has 0 aliphatic carbocycles. The third kappa shape index (κ3) is 14.8. The van der Waals surface area contributed by atoms with Crippen LogP contribution in [0.2, 0.25) is 0 Å². The van der Waals surface area contributed by atoms with Gasteiger partial charge in [-0.2, -0.15) is 0 Å². The van der Waals surface area contributed by atoms with E-state index in [4.69, 9.17) is 49.3 Å². The lowest BCUT2D eigenvalue weighted by atomic mass is 9.93. The molecular weight excluding hydrogens is 845 g/mol. The first kappa shape index (κ1) is 50.1. The summed E-state index contributed by atoms with van der Waals surface area (Å²) < 4.78 is 21.7. The van der Waals surface area contributed by atoms with Gasteiger partial charge in [0.05, 0.1) is 14.2 Å². The standard InChI is InChI=1S/2C23H31N3O2.C4H6O6/c2*1-25-9-11-26(12-10-25)23-17-20(19-3-5-22(27-2)6-4-19)16-21(24-23)15-18-7-13-28-14-8-18;5-1(3(7)8)2(6)4(9)10/h2*3-6,16-18H,7-15H2,1-2H3;1-2,5-6H,(H,7,8)(H,9,10). The quantitative estimate of drug-likeness (QED) is 0.143. The monoisotopic (exact) mass is 912 g/mol. The van der Waals surface area contributed by atoms with Crippen molar-refractivity contribution in [1.82, 2.24) is 19.8 Å². The van der Waals surface area contributed by atoms with Gasteiger partial charge < -0.3 is 59.0 Å². The Labute approximate surface area is 388 Å². The van der Waals surface area contributed by atoms with Crippen LogP contribution >= 0.6 is 0 Å². The Hall–Kier alpha value is -5.36. The van der Waals surface area contributed by atoms with Gasteiger partial charge in [0.2, 0.25) is 0 Å². The maximum absolute atomic E-state index is 9.77. The van der Waals surface area contributed by atoms with Crippen LogP contribution in [0, 0.1) is 11.8 Å². The number of methoxy groups -OCH3 is 2. The summed E-state index contributed by atoms with van der Waals surface area (Å²) >= 11 is 0. The van der Waals surface area contributed by atoms with Crippen molar-refractivity contribution >= 4 is 23.6 Å². The van der Waals surface area contributed by atoms with E-state index in [1.807, 2.05) is 24.3 Å². The topological polar surface area (TPSA) is 191 Å². The molecule has 2 unspecified atom stereocenters. The minimum absolute atomic E-state index is 0.674. The Bertz CT molecular complexity index is 1960. The normalized spacial score (nSPS) is 18.5. The van der Waals surface area contributed by atoms with Crippen LogP contribution in [0.15, 0.2) is 72.8 Å². The van der Waals surface area contributed by atoms with Crippen molar-refractivity contribution < 1.29 is 49.0 Å². The first-order valence-corrected chi connectivity index (χ1v) is 23.0. The molecule has 16 heteroatoms. The van der Waals surface area contributed by atoms with Gasteiger partial charge in [0.25, 0.3) is 0 Å². The second kappa shape index (κ2) is 25.0. The zero-order valence-corrected chi connectivity index (χ0v) is 38.9. The Kier molecular flexibility index (Phi) is 18.9. The van der Waals surface area contributed by atoms with Crippen molar-refractivity contribution in [3.05, 3.63) is 84.2 Å². The Balaban J connectivity index is 0.000000182. The molecule has 4 aliphatic heterocycles. The molecule has 4 aromatic rings. The van der Waals surface area contributed by atoms with Gasteiger partial charge in [-0.15, -0.1) is 0 Å². The number of nitrogens with zero attached hydrogens (tertiary/aromatic N) is 6. The third-order valence-electron chi connectivity index (χ3n) is 12.7. The minimum Gasteiger partial charge on any atom is -0.497 e. The molecule has 4 fully saturated rings. The fourth-order valence-electron chi connectivity index (χ4n) is 8.41. The molecule has 2 aromatic carbocycles. The number of hydrogen-bond donors (Lipinski definition) is 4. The molecule has 66 heavy (non-hydrogen) atoms.